The molecule has 94 valence electrons. The molecule has 1 aliphatic heterocycles. The number of likely N-dealkylation sites (N-methyl/N-ethyl adjacent to an activating group) is 1. The summed E-state index contributed by atoms with van der Waals surface area (Å²) in [4.78, 5) is 0. The minimum absolute atomic E-state index is 0.0726. The van der Waals surface area contributed by atoms with E-state index in [2.05, 4.69) is 11.4 Å². The number of ether oxygens (including phenoxy) is 2. The lowest BCUT2D eigenvalue weighted by molar-refractivity contribution is -0.0582. The molecule has 0 aliphatic carbocycles. The van der Waals surface area contributed by atoms with E-state index in [0.29, 0.717) is 11.6 Å². The summed E-state index contributed by atoms with van der Waals surface area (Å²) < 4.78 is 10.8. The molecule has 0 spiro atoms. The van der Waals surface area contributed by atoms with Gasteiger partial charge in [-0.3, -0.25) is 0 Å². The third kappa shape index (κ3) is 2.41. The highest BCUT2D eigenvalue weighted by Crippen LogP contribution is 2.36. The number of halogens is 1. The summed E-state index contributed by atoms with van der Waals surface area (Å²) in [6.07, 6.45) is 0. The number of benzene rings is 1. The Morgan fingerprint density at radius 1 is 1.47 bits per heavy atom. The van der Waals surface area contributed by atoms with Crippen molar-refractivity contribution >= 4 is 11.6 Å². The minimum atomic E-state index is 0.0726. The maximum absolute atomic E-state index is 6.21. The molecule has 0 aromatic heterocycles. The summed E-state index contributed by atoms with van der Waals surface area (Å²) in [6.45, 7) is 4.98. The van der Waals surface area contributed by atoms with Crippen LogP contribution >= 0.6 is 11.6 Å². The molecule has 1 fully saturated rings. The normalized spacial score (nSPS) is 17.6. The van der Waals surface area contributed by atoms with Crippen LogP contribution in [-0.4, -0.2) is 33.4 Å². The minimum Gasteiger partial charge on any atom is -0.492 e. The molecule has 0 amide bonds. The van der Waals surface area contributed by atoms with Gasteiger partial charge < -0.3 is 14.8 Å². The van der Waals surface area contributed by atoms with Gasteiger partial charge in [-0.25, -0.2) is 0 Å². The van der Waals surface area contributed by atoms with Gasteiger partial charge in [-0.15, -0.1) is 0 Å². The maximum atomic E-state index is 6.21. The van der Waals surface area contributed by atoms with Gasteiger partial charge in [-0.2, -0.15) is 0 Å². The Kier molecular flexibility index (Phi) is 3.92. The molecule has 3 nitrogen and oxygen atoms in total. The van der Waals surface area contributed by atoms with Crippen LogP contribution in [0.25, 0.3) is 0 Å². The second-order valence-electron chi connectivity index (χ2n) is 4.38. The van der Waals surface area contributed by atoms with Gasteiger partial charge in [0.15, 0.2) is 0 Å². The SMILES string of the molecule is CCOc1ccc(C2(CNC)COC2)cc1Cl. The summed E-state index contributed by atoms with van der Waals surface area (Å²) in [5.74, 6) is 0.748. The number of nitrogens with one attached hydrogen (secondary N) is 1. The van der Waals surface area contributed by atoms with Crippen LogP contribution in [0, 0.1) is 0 Å². The average Bonchev–Trinajstić information content (AvgIpc) is 2.27. The van der Waals surface area contributed by atoms with Crippen molar-refractivity contribution in [1.82, 2.24) is 5.32 Å². The van der Waals surface area contributed by atoms with Crippen LogP contribution < -0.4 is 10.1 Å². The monoisotopic (exact) mass is 255 g/mol. The summed E-state index contributed by atoms with van der Waals surface area (Å²) in [6, 6.07) is 6.01. The Bertz CT molecular complexity index is 391. The molecule has 2 rings (SSSR count). The van der Waals surface area contributed by atoms with Crippen molar-refractivity contribution in [2.24, 2.45) is 0 Å². The van der Waals surface area contributed by atoms with Crippen molar-refractivity contribution in [1.29, 1.82) is 0 Å². The molecule has 0 atom stereocenters. The highest BCUT2D eigenvalue weighted by molar-refractivity contribution is 6.32. The topological polar surface area (TPSA) is 30.5 Å². The predicted molar refractivity (Wildman–Crippen MR) is 69.0 cm³/mol. The molecule has 0 saturated carbocycles. The molecule has 1 saturated heterocycles. The molecule has 1 N–H and O–H groups in total. The van der Waals surface area contributed by atoms with Gasteiger partial charge in [-0.1, -0.05) is 17.7 Å². The van der Waals surface area contributed by atoms with Crippen molar-refractivity contribution in [3.63, 3.8) is 0 Å². The fraction of sp³-hybridized carbons (Fsp3) is 0.538. The fourth-order valence-electron chi connectivity index (χ4n) is 2.16. The molecular formula is C13H18ClNO2. The number of rotatable bonds is 5. The summed E-state index contributed by atoms with van der Waals surface area (Å²) in [5, 5.41) is 3.89. The fourth-order valence-corrected chi connectivity index (χ4v) is 2.40. The van der Waals surface area contributed by atoms with E-state index in [1.165, 1.54) is 5.56 Å². The van der Waals surface area contributed by atoms with E-state index in [1.54, 1.807) is 0 Å². The van der Waals surface area contributed by atoms with E-state index in [-0.39, 0.29) is 5.41 Å². The first-order chi connectivity index (χ1) is 8.22. The molecule has 4 heteroatoms. The lowest BCUT2D eigenvalue weighted by atomic mass is 9.78. The van der Waals surface area contributed by atoms with Gasteiger partial charge in [0.2, 0.25) is 0 Å². The first kappa shape index (κ1) is 12.7. The third-order valence-electron chi connectivity index (χ3n) is 3.12. The zero-order valence-corrected chi connectivity index (χ0v) is 11.0. The van der Waals surface area contributed by atoms with Crippen LogP contribution in [0.3, 0.4) is 0 Å². The van der Waals surface area contributed by atoms with Gasteiger partial charge in [0, 0.05) is 6.54 Å². The molecule has 0 radical (unpaired) electrons. The highest BCUT2D eigenvalue weighted by Gasteiger charge is 2.39. The van der Waals surface area contributed by atoms with Gasteiger partial charge >= 0.3 is 0 Å². The predicted octanol–water partition coefficient (Wildman–Crippen LogP) is 2.23. The van der Waals surface area contributed by atoms with Crippen LogP contribution in [-0.2, 0) is 10.2 Å². The van der Waals surface area contributed by atoms with Gasteiger partial charge in [0.05, 0.1) is 30.3 Å². The lowest BCUT2D eigenvalue weighted by Gasteiger charge is -2.42. The van der Waals surface area contributed by atoms with E-state index in [9.17, 15) is 0 Å². The van der Waals surface area contributed by atoms with E-state index < -0.39 is 0 Å². The Hall–Kier alpha value is -0.770. The van der Waals surface area contributed by atoms with Crippen LogP contribution in [0.15, 0.2) is 18.2 Å². The van der Waals surface area contributed by atoms with E-state index in [0.717, 1.165) is 25.5 Å². The molecule has 1 aliphatic rings. The van der Waals surface area contributed by atoms with Crippen molar-refractivity contribution < 1.29 is 9.47 Å². The van der Waals surface area contributed by atoms with E-state index in [1.807, 2.05) is 26.1 Å². The summed E-state index contributed by atoms with van der Waals surface area (Å²) in [5.41, 5.74) is 1.29. The number of hydrogen-bond acceptors (Lipinski definition) is 3. The van der Waals surface area contributed by atoms with Crippen molar-refractivity contribution in [3.8, 4) is 5.75 Å². The smallest absolute Gasteiger partial charge is 0.137 e. The second kappa shape index (κ2) is 5.25. The van der Waals surface area contributed by atoms with Crippen LogP contribution in [0.5, 0.6) is 5.75 Å². The number of hydrogen-bond donors (Lipinski definition) is 1. The second-order valence-corrected chi connectivity index (χ2v) is 4.79. The summed E-state index contributed by atoms with van der Waals surface area (Å²) in [7, 11) is 1.95. The molecule has 0 unspecified atom stereocenters. The quantitative estimate of drug-likeness (QED) is 0.875. The zero-order chi connectivity index (χ0) is 12.3. The first-order valence-corrected chi connectivity index (χ1v) is 6.25. The molecule has 17 heavy (non-hydrogen) atoms. The van der Waals surface area contributed by atoms with Crippen molar-refractivity contribution in [2.75, 3.05) is 33.4 Å². The first-order valence-electron chi connectivity index (χ1n) is 5.87. The molecular weight excluding hydrogens is 238 g/mol. The van der Waals surface area contributed by atoms with E-state index in [4.69, 9.17) is 21.1 Å². The highest BCUT2D eigenvalue weighted by atomic mass is 35.5. The zero-order valence-electron chi connectivity index (χ0n) is 10.3. The average molecular weight is 256 g/mol. The molecule has 1 aromatic carbocycles. The Morgan fingerprint density at radius 2 is 2.24 bits per heavy atom. The van der Waals surface area contributed by atoms with Gasteiger partial charge in [0.25, 0.3) is 0 Å². The Labute approximate surface area is 107 Å². The van der Waals surface area contributed by atoms with Crippen LogP contribution in [0.1, 0.15) is 12.5 Å². The van der Waals surface area contributed by atoms with Gasteiger partial charge in [0.1, 0.15) is 5.75 Å². The lowest BCUT2D eigenvalue weighted by Crippen LogP contribution is -2.52. The van der Waals surface area contributed by atoms with Crippen molar-refractivity contribution in [2.45, 2.75) is 12.3 Å². The Balaban J connectivity index is 2.24. The van der Waals surface area contributed by atoms with E-state index >= 15 is 0 Å². The van der Waals surface area contributed by atoms with Crippen molar-refractivity contribution in [3.05, 3.63) is 28.8 Å². The standard InChI is InChI=1S/C13H18ClNO2/c1-3-17-12-5-4-10(6-11(12)14)13(7-15-2)8-16-9-13/h4-6,15H,3,7-9H2,1-2H3. The summed E-state index contributed by atoms with van der Waals surface area (Å²) >= 11 is 6.21. The maximum Gasteiger partial charge on any atom is 0.137 e. The van der Waals surface area contributed by atoms with Crippen LogP contribution in [0.2, 0.25) is 5.02 Å². The largest absolute Gasteiger partial charge is 0.492 e. The third-order valence-corrected chi connectivity index (χ3v) is 3.41. The molecule has 1 heterocycles. The molecule has 0 bridgehead atoms. The molecule has 1 aromatic rings. The Morgan fingerprint density at radius 3 is 2.71 bits per heavy atom. The van der Waals surface area contributed by atoms with Crippen LogP contribution in [0.4, 0.5) is 0 Å². The van der Waals surface area contributed by atoms with Gasteiger partial charge in [-0.05, 0) is 31.7 Å².